The maximum Gasteiger partial charge on any atom is 0.143 e. The van der Waals surface area contributed by atoms with E-state index in [9.17, 15) is 0 Å². The molecule has 1 atom stereocenters. The maximum absolute atomic E-state index is 4.56. The van der Waals surface area contributed by atoms with Crippen molar-refractivity contribution in [2.45, 2.75) is 38.6 Å². The lowest BCUT2D eigenvalue weighted by Crippen LogP contribution is -2.41. The van der Waals surface area contributed by atoms with E-state index in [2.05, 4.69) is 43.7 Å². The summed E-state index contributed by atoms with van der Waals surface area (Å²) in [6.07, 6.45) is 7.37. The minimum Gasteiger partial charge on any atom is -0.354 e. The van der Waals surface area contributed by atoms with Crippen LogP contribution in [-0.2, 0) is 0 Å². The molecule has 0 spiro atoms. The quantitative estimate of drug-likeness (QED) is 0.833. The van der Waals surface area contributed by atoms with Gasteiger partial charge >= 0.3 is 0 Å². The number of halogens is 1. The lowest BCUT2D eigenvalue weighted by atomic mass is 10.1. The van der Waals surface area contributed by atoms with Crippen LogP contribution in [0.1, 0.15) is 31.2 Å². The van der Waals surface area contributed by atoms with Gasteiger partial charge in [-0.15, -0.1) is 0 Å². The summed E-state index contributed by atoms with van der Waals surface area (Å²) in [6.45, 7) is 6.99. The Morgan fingerprint density at radius 2 is 2.00 bits per heavy atom. The van der Waals surface area contributed by atoms with Gasteiger partial charge in [0.05, 0.1) is 4.47 Å². The standard InChI is InChI=1S/C15H22BrN3/c1-12-5-7-17-15(14(12)16)19-10-6-13(11-19)18-8-3-2-4-9-18/h5,7,13H,2-4,6,8-11H2,1H3. The number of hydrogen-bond acceptors (Lipinski definition) is 3. The molecule has 3 nitrogen and oxygen atoms in total. The highest BCUT2D eigenvalue weighted by atomic mass is 79.9. The summed E-state index contributed by atoms with van der Waals surface area (Å²) in [4.78, 5) is 9.69. The fraction of sp³-hybridized carbons (Fsp3) is 0.667. The summed E-state index contributed by atoms with van der Waals surface area (Å²) in [6, 6.07) is 2.79. The predicted octanol–water partition coefficient (Wildman–Crippen LogP) is 3.22. The number of aromatic nitrogens is 1. The van der Waals surface area contributed by atoms with Gasteiger partial charge in [0.2, 0.25) is 0 Å². The van der Waals surface area contributed by atoms with Gasteiger partial charge in [0.25, 0.3) is 0 Å². The van der Waals surface area contributed by atoms with Crippen molar-refractivity contribution in [3.63, 3.8) is 0 Å². The van der Waals surface area contributed by atoms with Crippen LogP contribution in [0.2, 0.25) is 0 Å². The fourth-order valence-corrected chi connectivity index (χ4v) is 3.75. The first-order valence-corrected chi connectivity index (χ1v) is 8.15. The zero-order valence-electron chi connectivity index (χ0n) is 11.6. The summed E-state index contributed by atoms with van der Waals surface area (Å²) in [7, 11) is 0. The van der Waals surface area contributed by atoms with Crippen LogP contribution in [-0.4, -0.2) is 42.1 Å². The molecule has 2 aliphatic heterocycles. The Labute approximate surface area is 124 Å². The lowest BCUT2D eigenvalue weighted by molar-refractivity contribution is 0.175. The third-order valence-corrected chi connectivity index (χ3v) is 5.41. The van der Waals surface area contributed by atoms with Crippen LogP contribution in [0.25, 0.3) is 0 Å². The van der Waals surface area contributed by atoms with E-state index in [0.29, 0.717) is 0 Å². The third kappa shape index (κ3) is 2.79. The van der Waals surface area contributed by atoms with E-state index in [4.69, 9.17) is 0 Å². The number of aryl methyl sites for hydroxylation is 1. The molecule has 4 heteroatoms. The molecule has 0 N–H and O–H groups in total. The van der Waals surface area contributed by atoms with E-state index in [1.807, 2.05) is 6.20 Å². The first kappa shape index (κ1) is 13.4. The number of piperidine rings is 1. The molecular weight excluding hydrogens is 302 g/mol. The molecule has 1 aromatic rings. The van der Waals surface area contributed by atoms with Gasteiger partial charge in [-0.25, -0.2) is 4.98 Å². The molecule has 2 fully saturated rings. The van der Waals surface area contributed by atoms with Crippen LogP contribution in [0, 0.1) is 6.92 Å². The van der Waals surface area contributed by atoms with E-state index >= 15 is 0 Å². The molecule has 0 bridgehead atoms. The zero-order chi connectivity index (χ0) is 13.2. The molecule has 0 amide bonds. The van der Waals surface area contributed by atoms with Gasteiger partial charge in [-0.05, 0) is 66.8 Å². The van der Waals surface area contributed by atoms with Gasteiger partial charge in [0.15, 0.2) is 0 Å². The molecule has 1 unspecified atom stereocenters. The molecule has 0 aromatic carbocycles. The molecule has 0 radical (unpaired) electrons. The smallest absolute Gasteiger partial charge is 0.143 e. The first-order chi connectivity index (χ1) is 9.25. The van der Waals surface area contributed by atoms with Crippen molar-refractivity contribution in [1.29, 1.82) is 0 Å². The Bertz CT molecular complexity index is 443. The highest BCUT2D eigenvalue weighted by molar-refractivity contribution is 9.10. The molecule has 1 aromatic heterocycles. The van der Waals surface area contributed by atoms with Gasteiger partial charge in [0.1, 0.15) is 5.82 Å². The molecule has 19 heavy (non-hydrogen) atoms. The molecule has 0 saturated carbocycles. The number of nitrogens with zero attached hydrogens (tertiary/aromatic N) is 3. The monoisotopic (exact) mass is 323 g/mol. The van der Waals surface area contributed by atoms with Gasteiger partial charge in [-0.1, -0.05) is 6.42 Å². The summed E-state index contributed by atoms with van der Waals surface area (Å²) >= 11 is 3.69. The topological polar surface area (TPSA) is 19.4 Å². The molecule has 2 saturated heterocycles. The van der Waals surface area contributed by atoms with Crippen molar-refractivity contribution in [3.05, 3.63) is 22.3 Å². The SMILES string of the molecule is Cc1ccnc(N2CCC(N3CCCCC3)C2)c1Br. The molecule has 3 heterocycles. The van der Waals surface area contributed by atoms with Crippen LogP contribution >= 0.6 is 15.9 Å². The Kier molecular flexibility index (Phi) is 4.08. The summed E-state index contributed by atoms with van der Waals surface area (Å²) in [5.41, 5.74) is 1.27. The van der Waals surface area contributed by atoms with E-state index in [0.717, 1.165) is 29.4 Å². The van der Waals surface area contributed by atoms with Crippen molar-refractivity contribution in [2.24, 2.45) is 0 Å². The Morgan fingerprint density at radius 3 is 2.79 bits per heavy atom. The van der Waals surface area contributed by atoms with Gasteiger partial charge in [-0.3, -0.25) is 4.90 Å². The van der Waals surface area contributed by atoms with Crippen molar-refractivity contribution < 1.29 is 0 Å². The minimum atomic E-state index is 0.731. The summed E-state index contributed by atoms with van der Waals surface area (Å²) < 4.78 is 1.16. The average Bonchev–Trinajstić information content (AvgIpc) is 2.92. The molecule has 104 valence electrons. The largest absolute Gasteiger partial charge is 0.354 e. The Hall–Kier alpha value is -0.610. The molecule has 0 aliphatic carbocycles. The number of likely N-dealkylation sites (tertiary alicyclic amines) is 1. The molecular formula is C15H22BrN3. The number of anilines is 1. The fourth-order valence-electron chi connectivity index (χ4n) is 3.26. The van der Waals surface area contributed by atoms with Crippen molar-refractivity contribution in [2.75, 3.05) is 31.1 Å². The molecule has 3 rings (SSSR count). The average molecular weight is 324 g/mol. The summed E-state index contributed by atoms with van der Waals surface area (Å²) in [5, 5.41) is 0. The predicted molar refractivity (Wildman–Crippen MR) is 82.7 cm³/mol. The third-order valence-electron chi connectivity index (χ3n) is 4.43. The normalized spacial score (nSPS) is 24.9. The van der Waals surface area contributed by atoms with E-state index in [1.165, 1.54) is 44.3 Å². The van der Waals surface area contributed by atoms with Crippen molar-refractivity contribution in [3.8, 4) is 0 Å². The maximum atomic E-state index is 4.56. The number of hydrogen-bond donors (Lipinski definition) is 0. The molecule has 2 aliphatic rings. The minimum absolute atomic E-state index is 0.731. The second-order valence-corrected chi connectivity index (χ2v) is 6.54. The lowest BCUT2D eigenvalue weighted by Gasteiger charge is -2.32. The van der Waals surface area contributed by atoms with Crippen LogP contribution < -0.4 is 4.90 Å². The number of rotatable bonds is 2. The Balaban J connectivity index is 1.69. The van der Waals surface area contributed by atoms with Crippen molar-refractivity contribution in [1.82, 2.24) is 9.88 Å². The number of pyridine rings is 1. The zero-order valence-corrected chi connectivity index (χ0v) is 13.2. The second kappa shape index (κ2) is 5.80. The highest BCUT2D eigenvalue weighted by Gasteiger charge is 2.29. The summed E-state index contributed by atoms with van der Waals surface area (Å²) in [5.74, 6) is 1.12. The van der Waals surface area contributed by atoms with Gasteiger partial charge < -0.3 is 4.90 Å². The first-order valence-electron chi connectivity index (χ1n) is 7.36. The van der Waals surface area contributed by atoms with Gasteiger partial charge in [-0.2, -0.15) is 0 Å². The van der Waals surface area contributed by atoms with E-state index in [1.54, 1.807) is 0 Å². The van der Waals surface area contributed by atoms with Crippen LogP contribution in [0.5, 0.6) is 0 Å². The van der Waals surface area contributed by atoms with Crippen LogP contribution in [0.3, 0.4) is 0 Å². The van der Waals surface area contributed by atoms with Crippen LogP contribution in [0.15, 0.2) is 16.7 Å². The van der Waals surface area contributed by atoms with E-state index < -0.39 is 0 Å². The Morgan fingerprint density at radius 1 is 1.21 bits per heavy atom. The van der Waals surface area contributed by atoms with Crippen molar-refractivity contribution >= 4 is 21.7 Å². The highest BCUT2D eigenvalue weighted by Crippen LogP contribution is 2.30. The van der Waals surface area contributed by atoms with Gasteiger partial charge in [0, 0.05) is 25.3 Å². The van der Waals surface area contributed by atoms with E-state index in [-0.39, 0.29) is 0 Å². The second-order valence-electron chi connectivity index (χ2n) is 5.75. The van der Waals surface area contributed by atoms with Crippen LogP contribution in [0.4, 0.5) is 5.82 Å².